The van der Waals surface area contributed by atoms with E-state index >= 15 is 0 Å². The van der Waals surface area contributed by atoms with Gasteiger partial charge >= 0.3 is 5.97 Å². The first-order chi connectivity index (χ1) is 7.18. The highest BCUT2D eigenvalue weighted by atomic mass is 16.6. The Labute approximate surface area is 90.0 Å². The van der Waals surface area contributed by atoms with E-state index in [9.17, 15) is 4.79 Å². The van der Waals surface area contributed by atoms with Crippen molar-refractivity contribution in [1.29, 1.82) is 0 Å². The normalized spacial score (nSPS) is 12.1. The largest absolute Gasteiger partial charge is 0.460 e. The average Bonchev–Trinajstić information content (AvgIpc) is 2.18. The lowest BCUT2D eigenvalue weighted by Crippen LogP contribution is -2.18. The van der Waals surface area contributed by atoms with Crippen LogP contribution in [0, 0.1) is 0 Å². The number of carbonyl (C=O) groups excluding carboxylic acids is 1. The highest BCUT2D eigenvalue weighted by Crippen LogP contribution is 2.01. The summed E-state index contributed by atoms with van der Waals surface area (Å²) in [6, 6.07) is 9.89. The molecule has 0 bridgehead atoms. The fourth-order valence-corrected chi connectivity index (χ4v) is 1.23. The quantitative estimate of drug-likeness (QED) is 0.695. The van der Waals surface area contributed by atoms with Crippen LogP contribution in [-0.4, -0.2) is 18.7 Å². The third-order valence-corrected chi connectivity index (χ3v) is 1.83. The van der Waals surface area contributed by atoms with Crippen LogP contribution in [0.5, 0.6) is 0 Å². The van der Waals surface area contributed by atoms with Crippen molar-refractivity contribution in [3.05, 3.63) is 35.9 Å². The van der Waals surface area contributed by atoms with Gasteiger partial charge in [-0.15, -0.1) is 0 Å². The van der Waals surface area contributed by atoms with E-state index in [1.165, 1.54) is 6.92 Å². The third-order valence-electron chi connectivity index (χ3n) is 1.83. The van der Waals surface area contributed by atoms with Gasteiger partial charge in [-0.1, -0.05) is 30.3 Å². The molecule has 0 saturated heterocycles. The molecular formula is C12H16O3. The highest BCUT2D eigenvalue weighted by Gasteiger charge is 2.04. The van der Waals surface area contributed by atoms with Crippen LogP contribution in [0.1, 0.15) is 19.4 Å². The van der Waals surface area contributed by atoms with Gasteiger partial charge in [0.25, 0.3) is 0 Å². The average molecular weight is 208 g/mol. The molecule has 0 fully saturated rings. The van der Waals surface area contributed by atoms with E-state index in [2.05, 4.69) is 0 Å². The van der Waals surface area contributed by atoms with Crippen LogP contribution in [0.4, 0.5) is 0 Å². The molecule has 1 aromatic carbocycles. The number of hydrogen-bond donors (Lipinski definition) is 0. The molecule has 3 heteroatoms. The van der Waals surface area contributed by atoms with Crippen molar-refractivity contribution in [3.8, 4) is 0 Å². The molecule has 1 atom stereocenters. The maximum absolute atomic E-state index is 10.6. The zero-order valence-corrected chi connectivity index (χ0v) is 9.10. The summed E-state index contributed by atoms with van der Waals surface area (Å²) < 4.78 is 10.3. The van der Waals surface area contributed by atoms with Crippen LogP contribution in [0.15, 0.2) is 30.3 Å². The monoisotopic (exact) mass is 208 g/mol. The molecule has 0 N–H and O–H groups in total. The van der Waals surface area contributed by atoms with Gasteiger partial charge in [-0.05, 0) is 12.5 Å². The molecule has 15 heavy (non-hydrogen) atoms. The number of rotatable bonds is 5. The Kier molecular flexibility index (Phi) is 4.84. The van der Waals surface area contributed by atoms with E-state index in [0.29, 0.717) is 13.2 Å². The number of carbonyl (C=O) groups is 1. The minimum Gasteiger partial charge on any atom is -0.460 e. The predicted octanol–water partition coefficient (Wildman–Crippen LogP) is 2.15. The summed E-state index contributed by atoms with van der Waals surface area (Å²) in [5.41, 5.74) is 1.12. The van der Waals surface area contributed by atoms with Gasteiger partial charge in [-0.25, -0.2) is 0 Å². The van der Waals surface area contributed by atoms with Crippen LogP contribution >= 0.6 is 0 Å². The van der Waals surface area contributed by atoms with Gasteiger partial charge in [0, 0.05) is 6.92 Å². The molecule has 1 aromatic rings. The van der Waals surface area contributed by atoms with Gasteiger partial charge in [0.2, 0.25) is 0 Å². The summed E-state index contributed by atoms with van der Waals surface area (Å²) >= 11 is 0. The lowest BCUT2D eigenvalue weighted by Gasteiger charge is -2.11. The van der Waals surface area contributed by atoms with Gasteiger partial charge in [0.05, 0.1) is 13.2 Å². The molecule has 0 aliphatic carbocycles. The van der Waals surface area contributed by atoms with Gasteiger partial charge in [0.15, 0.2) is 0 Å². The van der Waals surface area contributed by atoms with E-state index in [0.717, 1.165) is 5.56 Å². The zero-order chi connectivity index (χ0) is 11.1. The number of esters is 1. The van der Waals surface area contributed by atoms with Crippen molar-refractivity contribution < 1.29 is 14.3 Å². The summed E-state index contributed by atoms with van der Waals surface area (Å²) in [6.45, 7) is 4.18. The van der Waals surface area contributed by atoms with Crippen molar-refractivity contribution >= 4 is 5.97 Å². The van der Waals surface area contributed by atoms with E-state index in [1.54, 1.807) is 0 Å². The smallest absolute Gasteiger partial charge is 0.302 e. The van der Waals surface area contributed by atoms with Crippen molar-refractivity contribution in [2.75, 3.05) is 6.61 Å². The molecule has 0 aliphatic rings. The van der Waals surface area contributed by atoms with Crippen LogP contribution in [0.3, 0.4) is 0 Å². The van der Waals surface area contributed by atoms with Gasteiger partial charge < -0.3 is 9.47 Å². The molecule has 0 heterocycles. The molecule has 0 aliphatic heterocycles. The fraction of sp³-hybridized carbons (Fsp3) is 0.417. The SMILES string of the molecule is CC(=O)O[C@H](C)COCc1ccccc1. The van der Waals surface area contributed by atoms with Crippen LogP contribution in [-0.2, 0) is 20.9 Å². The lowest BCUT2D eigenvalue weighted by molar-refractivity contribution is -0.148. The standard InChI is InChI=1S/C12H16O3/c1-10(15-11(2)13)8-14-9-12-6-4-3-5-7-12/h3-7,10H,8-9H2,1-2H3/t10-/m1/s1. The number of ether oxygens (including phenoxy) is 2. The van der Waals surface area contributed by atoms with Crippen molar-refractivity contribution in [2.24, 2.45) is 0 Å². The topological polar surface area (TPSA) is 35.5 Å². The Morgan fingerprint density at radius 3 is 2.60 bits per heavy atom. The van der Waals surface area contributed by atoms with Crippen molar-refractivity contribution in [1.82, 2.24) is 0 Å². The first-order valence-corrected chi connectivity index (χ1v) is 4.97. The summed E-state index contributed by atoms with van der Waals surface area (Å²) in [7, 11) is 0. The van der Waals surface area contributed by atoms with Gasteiger partial charge in [0.1, 0.15) is 6.10 Å². The molecule has 0 amide bonds. The zero-order valence-electron chi connectivity index (χ0n) is 9.10. The molecule has 0 saturated carbocycles. The van der Waals surface area contributed by atoms with E-state index in [-0.39, 0.29) is 12.1 Å². The van der Waals surface area contributed by atoms with Crippen molar-refractivity contribution in [3.63, 3.8) is 0 Å². The molecule has 0 radical (unpaired) electrons. The first-order valence-electron chi connectivity index (χ1n) is 4.97. The van der Waals surface area contributed by atoms with Crippen LogP contribution in [0.25, 0.3) is 0 Å². The van der Waals surface area contributed by atoms with Crippen LogP contribution in [0.2, 0.25) is 0 Å². The molecule has 1 rings (SSSR count). The van der Waals surface area contributed by atoms with Gasteiger partial charge in [-0.2, -0.15) is 0 Å². The summed E-state index contributed by atoms with van der Waals surface area (Å²) in [5, 5.41) is 0. The predicted molar refractivity (Wildman–Crippen MR) is 57.3 cm³/mol. The Bertz CT molecular complexity index is 295. The van der Waals surface area contributed by atoms with E-state index in [4.69, 9.17) is 9.47 Å². The molecule has 0 aromatic heterocycles. The number of benzene rings is 1. The van der Waals surface area contributed by atoms with Gasteiger partial charge in [-0.3, -0.25) is 4.79 Å². The Morgan fingerprint density at radius 1 is 1.33 bits per heavy atom. The molecule has 82 valence electrons. The Morgan fingerprint density at radius 2 is 2.00 bits per heavy atom. The summed E-state index contributed by atoms with van der Waals surface area (Å²) in [5.74, 6) is -0.272. The Hall–Kier alpha value is -1.35. The molecule has 3 nitrogen and oxygen atoms in total. The second kappa shape index (κ2) is 6.19. The highest BCUT2D eigenvalue weighted by molar-refractivity contribution is 5.66. The fourth-order valence-electron chi connectivity index (χ4n) is 1.23. The lowest BCUT2D eigenvalue weighted by atomic mass is 10.2. The maximum atomic E-state index is 10.6. The second-order valence-electron chi connectivity index (χ2n) is 3.42. The van der Waals surface area contributed by atoms with E-state index < -0.39 is 0 Å². The van der Waals surface area contributed by atoms with E-state index in [1.807, 2.05) is 37.3 Å². The molecule has 0 unspecified atom stereocenters. The van der Waals surface area contributed by atoms with Crippen LogP contribution < -0.4 is 0 Å². The minimum absolute atomic E-state index is 0.189. The first kappa shape index (κ1) is 11.7. The number of hydrogen-bond acceptors (Lipinski definition) is 3. The Balaban J connectivity index is 2.19. The molecule has 0 spiro atoms. The maximum Gasteiger partial charge on any atom is 0.302 e. The summed E-state index contributed by atoms with van der Waals surface area (Å²) in [6.07, 6.45) is -0.189. The second-order valence-corrected chi connectivity index (χ2v) is 3.42. The third kappa shape index (κ3) is 5.18. The minimum atomic E-state index is -0.272. The van der Waals surface area contributed by atoms with Crippen molar-refractivity contribution in [2.45, 2.75) is 26.6 Å². The summed E-state index contributed by atoms with van der Waals surface area (Å²) in [4.78, 5) is 10.6. The molecular weight excluding hydrogens is 192 g/mol.